The number of hydrogen-bond donors (Lipinski definition) is 2. The number of aromatic nitrogens is 2. The van der Waals surface area contributed by atoms with E-state index in [4.69, 9.17) is 4.42 Å². The van der Waals surface area contributed by atoms with E-state index in [-0.39, 0.29) is 6.03 Å². The quantitative estimate of drug-likeness (QED) is 0.475. The lowest BCUT2D eigenvalue weighted by Gasteiger charge is -2.09. The number of fused-ring (bicyclic) bond motifs is 1. The van der Waals surface area contributed by atoms with Gasteiger partial charge in [0, 0.05) is 22.5 Å². The number of urea groups is 1. The van der Waals surface area contributed by atoms with Gasteiger partial charge in [0.25, 0.3) is 0 Å². The van der Waals surface area contributed by atoms with E-state index < -0.39 is 0 Å². The molecule has 1 aliphatic rings. The van der Waals surface area contributed by atoms with Crippen LogP contribution in [0.1, 0.15) is 17.5 Å². The molecule has 0 saturated heterocycles. The number of nitrogens with zero attached hydrogens (tertiary/aromatic N) is 2. The lowest BCUT2D eigenvalue weighted by atomic mass is 10.1. The van der Waals surface area contributed by atoms with Crippen LogP contribution in [0.25, 0.3) is 22.9 Å². The van der Waals surface area contributed by atoms with E-state index in [0.717, 1.165) is 29.7 Å². The molecule has 148 valence electrons. The predicted octanol–water partition coefficient (Wildman–Crippen LogP) is 5.54. The molecule has 0 unspecified atom stereocenters. The number of amides is 2. The normalized spacial score (nSPS) is 12.4. The average molecular weight is 396 g/mol. The highest BCUT2D eigenvalue weighted by atomic mass is 16.4. The fourth-order valence-corrected chi connectivity index (χ4v) is 3.68. The summed E-state index contributed by atoms with van der Waals surface area (Å²) in [6, 6.07) is 22.8. The molecule has 6 nitrogen and oxygen atoms in total. The molecule has 3 aromatic carbocycles. The van der Waals surface area contributed by atoms with Crippen molar-refractivity contribution in [3.63, 3.8) is 0 Å². The summed E-state index contributed by atoms with van der Waals surface area (Å²) in [7, 11) is 0. The van der Waals surface area contributed by atoms with Gasteiger partial charge in [-0.2, -0.15) is 0 Å². The Bertz CT molecular complexity index is 1180. The Hall–Kier alpha value is -3.93. The molecule has 1 aliphatic carbocycles. The van der Waals surface area contributed by atoms with Crippen LogP contribution in [0.3, 0.4) is 0 Å². The van der Waals surface area contributed by atoms with Gasteiger partial charge in [0.2, 0.25) is 11.8 Å². The molecule has 4 aromatic rings. The van der Waals surface area contributed by atoms with Gasteiger partial charge in [-0.1, -0.05) is 24.3 Å². The molecule has 2 N–H and O–H groups in total. The molecule has 0 atom stereocenters. The summed E-state index contributed by atoms with van der Waals surface area (Å²) >= 11 is 0. The van der Waals surface area contributed by atoms with Gasteiger partial charge in [0.15, 0.2) is 0 Å². The van der Waals surface area contributed by atoms with Crippen LogP contribution >= 0.6 is 0 Å². The van der Waals surface area contributed by atoms with Crippen LogP contribution in [-0.4, -0.2) is 16.2 Å². The summed E-state index contributed by atoms with van der Waals surface area (Å²) in [5, 5.41) is 14.0. The Balaban J connectivity index is 1.24. The van der Waals surface area contributed by atoms with Crippen LogP contribution in [0.4, 0.5) is 16.2 Å². The van der Waals surface area contributed by atoms with Crippen LogP contribution < -0.4 is 10.6 Å². The van der Waals surface area contributed by atoms with Crippen molar-refractivity contribution >= 4 is 17.4 Å². The third-order valence-corrected chi connectivity index (χ3v) is 5.19. The van der Waals surface area contributed by atoms with Gasteiger partial charge in [0.05, 0.1) is 0 Å². The van der Waals surface area contributed by atoms with Crippen molar-refractivity contribution in [3.8, 4) is 22.9 Å². The number of hydrogen-bond acceptors (Lipinski definition) is 4. The molecule has 0 bridgehead atoms. The topological polar surface area (TPSA) is 80.1 Å². The Morgan fingerprint density at radius 2 is 1.37 bits per heavy atom. The highest BCUT2D eigenvalue weighted by Gasteiger charge is 2.13. The minimum atomic E-state index is -0.273. The maximum Gasteiger partial charge on any atom is 0.323 e. The lowest BCUT2D eigenvalue weighted by molar-refractivity contribution is 0.262. The summed E-state index contributed by atoms with van der Waals surface area (Å²) in [5.74, 6) is 0.907. The van der Waals surface area contributed by atoms with E-state index in [1.165, 1.54) is 17.5 Å². The van der Waals surface area contributed by atoms with E-state index in [0.29, 0.717) is 17.5 Å². The lowest BCUT2D eigenvalue weighted by Crippen LogP contribution is -2.19. The third kappa shape index (κ3) is 3.80. The second-order valence-electron chi connectivity index (χ2n) is 7.27. The van der Waals surface area contributed by atoms with Crippen molar-refractivity contribution in [2.45, 2.75) is 19.3 Å². The van der Waals surface area contributed by atoms with Gasteiger partial charge in [-0.25, -0.2) is 4.79 Å². The molecular formula is C24H20N4O2. The Labute approximate surface area is 174 Å². The van der Waals surface area contributed by atoms with Crippen molar-refractivity contribution in [2.75, 3.05) is 10.6 Å². The van der Waals surface area contributed by atoms with E-state index >= 15 is 0 Å². The highest BCUT2D eigenvalue weighted by Crippen LogP contribution is 2.26. The molecule has 1 aromatic heterocycles. The average Bonchev–Trinajstić information content (AvgIpc) is 3.44. The van der Waals surface area contributed by atoms with Crippen LogP contribution in [0.2, 0.25) is 0 Å². The van der Waals surface area contributed by atoms with Crippen molar-refractivity contribution in [1.82, 2.24) is 10.2 Å². The molecule has 2 amide bonds. The van der Waals surface area contributed by atoms with Gasteiger partial charge in [-0.3, -0.25) is 0 Å². The maximum absolute atomic E-state index is 12.3. The summed E-state index contributed by atoms with van der Waals surface area (Å²) < 4.78 is 5.77. The minimum Gasteiger partial charge on any atom is -0.416 e. The van der Waals surface area contributed by atoms with Crippen molar-refractivity contribution < 1.29 is 9.21 Å². The number of anilines is 2. The molecule has 0 radical (unpaired) electrons. The van der Waals surface area contributed by atoms with E-state index in [1.807, 2.05) is 60.7 Å². The van der Waals surface area contributed by atoms with Crippen molar-refractivity contribution in [3.05, 3.63) is 83.9 Å². The highest BCUT2D eigenvalue weighted by molar-refractivity contribution is 5.99. The number of aryl methyl sites for hydroxylation is 2. The first kappa shape index (κ1) is 18.1. The fraction of sp³-hybridized carbons (Fsp3) is 0.125. The number of rotatable bonds is 4. The monoisotopic (exact) mass is 396 g/mol. The molecule has 0 aliphatic heterocycles. The Kier molecular flexibility index (Phi) is 4.73. The second-order valence-corrected chi connectivity index (χ2v) is 7.27. The first-order valence-electron chi connectivity index (χ1n) is 9.94. The molecule has 5 rings (SSSR count). The van der Waals surface area contributed by atoms with Gasteiger partial charge in [-0.05, 0) is 78.9 Å². The number of nitrogens with one attached hydrogen (secondary N) is 2. The fourth-order valence-electron chi connectivity index (χ4n) is 3.68. The van der Waals surface area contributed by atoms with E-state index in [2.05, 4.69) is 33.0 Å². The summed E-state index contributed by atoms with van der Waals surface area (Å²) in [4.78, 5) is 12.3. The van der Waals surface area contributed by atoms with Crippen molar-refractivity contribution in [1.29, 1.82) is 0 Å². The van der Waals surface area contributed by atoms with Crippen molar-refractivity contribution in [2.24, 2.45) is 0 Å². The molecular weight excluding hydrogens is 376 g/mol. The second kappa shape index (κ2) is 7.83. The molecule has 0 spiro atoms. The molecule has 30 heavy (non-hydrogen) atoms. The molecule has 0 fully saturated rings. The van der Waals surface area contributed by atoms with Crippen LogP contribution in [-0.2, 0) is 12.8 Å². The third-order valence-electron chi connectivity index (χ3n) is 5.19. The summed E-state index contributed by atoms with van der Waals surface area (Å²) in [6.45, 7) is 0. The first-order valence-corrected chi connectivity index (χ1v) is 9.94. The molecule has 1 heterocycles. The molecule has 0 saturated carbocycles. The van der Waals surface area contributed by atoms with Crippen LogP contribution in [0, 0.1) is 0 Å². The predicted molar refractivity (Wildman–Crippen MR) is 116 cm³/mol. The number of benzene rings is 3. The zero-order chi connectivity index (χ0) is 20.3. The van der Waals surface area contributed by atoms with Crippen LogP contribution in [0.15, 0.2) is 77.2 Å². The molecule has 6 heteroatoms. The maximum atomic E-state index is 12.3. The van der Waals surface area contributed by atoms with Gasteiger partial charge >= 0.3 is 6.03 Å². The first-order chi connectivity index (χ1) is 14.7. The largest absolute Gasteiger partial charge is 0.416 e. The number of carbonyl (C=O) groups is 1. The zero-order valence-electron chi connectivity index (χ0n) is 16.3. The Morgan fingerprint density at radius 3 is 2.13 bits per heavy atom. The van der Waals surface area contributed by atoms with E-state index in [1.54, 1.807) is 0 Å². The Morgan fingerprint density at radius 1 is 0.733 bits per heavy atom. The van der Waals surface area contributed by atoms with Gasteiger partial charge in [0.1, 0.15) is 0 Å². The minimum absolute atomic E-state index is 0.273. The summed E-state index contributed by atoms with van der Waals surface area (Å²) in [5.41, 5.74) is 5.86. The zero-order valence-corrected chi connectivity index (χ0v) is 16.3. The van der Waals surface area contributed by atoms with E-state index in [9.17, 15) is 4.79 Å². The summed E-state index contributed by atoms with van der Waals surface area (Å²) in [6.07, 6.45) is 3.39. The van der Waals surface area contributed by atoms with Gasteiger partial charge < -0.3 is 15.1 Å². The number of carbonyl (C=O) groups excluding carboxylic acids is 1. The SMILES string of the molecule is O=C(Nc1ccc(-c2nnc(-c3ccccc3)o2)cc1)Nc1ccc2c(c1)CCC2. The smallest absolute Gasteiger partial charge is 0.323 e. The standard InChI is InChI=1S/C24H20N4O2/c29-24(26-21-14-9-16-7-4-8-19(16)15-21)25-20-12-10-18(11-13-20)23-28-27-22(30-23)17-5-2-1-3-6-17/h1-3,5-6,9-15H,4,7-8H2,(H2,25,26,29). The van der Waals surface area contributed by atoms with Crippen LogP contribution in [0.5, 0.6) is 0 Å². The van der Waals surface area contributed by atoms with Gasteiger partial charge in [-0.15, -0.1) is 10.2 Å².